The van der Waals surface area contributed by atoms with Gasteiger partial charge in [0.2, 0.25) is 5.91 Å². The molecule has 0 saturated carbocycles. The predicted octanol–water partition coefficient (Wildman–Crippen LogP) is 2.92. The number of ether oxygens (including phenoxy) is 2. The first-order chi connectivity index (χ1) is 11.3. The highest BCUT2D eigenvalue weighted by molar-refractivity contribution is 6.07. The second-order valence-electron chi connectivity index (χ2n) is 7.39. The van der Waals surface area contributed by atoms with Gasteiger partial charge in [-0.25, -0.2) is 4.79 Å². The van der Waals surface area contributed by atoms with Crippen molar-refractivity contribution in [3.63, 3.8) is 0 Å². The molecule has 0 aromatic heterocycles. The standard InChI is InChI=1S/C18H24N2O4/c1-17(2,3)24-16(22)20-10-8-18(9-11-20)12-6-5-7-13(23-4)14(12)19-15(18)21/h5-7H,8-11H2,1-4H3,(H,19,21). The third-order valence-electron chi connectivity index (χ3n) is 4.70. The summed E-state index contributed by atoms with van der Waals surface area (Å²) in [5, 5.41) is 2.96. The number of amides is 2. The SMILES string of the molecule is COc1cccc2c1NC(=O)C21CCN(C(=O)OC(C)(C)C)CC1. The van der Waals surface area contributed by atoms with Gasteiger partial charge in [-0.1, -0.05) is 12.1 Å². The Labute approximate surface area is 142 Å². The van der Waals surface area contributed by atoms with E-state index >= 15 is 0 Å². The zero-order chi connectivity index (χ0) is 17.5. The van der Waals surface area contributed by atoms with E-state index in [0.29, 0.717) is 31.7 Å². The van der Waals surface area contributed by atoms with Crippen LogP contribution in [0.3, 0.4) is 0 Å². The number of rotatable bonds is 1. The number of nitrogens with zero attached hydrogens (tertiary/aromatic N) is 1. The zero-order valence-corrected chi connectivity index (χ0v) is 14.6. The lowest BCUT2D eigenvalue weighted by atomic mass is 9.73. The number of benzene rings is 1. The number of anilines is 1. The molecule has 130 valence electrons. The first-order valence-electron chi connectivity index (χ1n) is 8.24. The zero-order valence-electron chi connectivity index (χ0n) is 14.6. The van der Waals surface area contributed by atoms with E-state index in [1.807, 2.05) is 39.0 Å². The van der Waals surface area contributed by atoms with E-state index in [4.69, 9.17) is 9.47 Å². The van der Waals surface area contributed by atoms with Crippen LogP contribution in [0.2, 0.25) is 0 Å². The van der Waals surface area contributed by atoms with Crippen molar-refractivity contribution < 1.29 is 19.1 Å². The Kier molecular flexibility index (Phi) is 3.94. The van der Waals surface area contributed by atoms with Gasteiger partial charge in [-0.3, -0.25) is 4.79 Å². The van der Waals surface area contributed by atoms with Crippen molar-refractivity contribution in [3.05, 3.63) is 23.8 Å². The molecule has 24 heavy (non-hydrogen) atoms. The normalized spacial score (nSPS) is 19.0. The van der Waals surface area contributed by atoms with Crippen molar-refractivity contribution in [2.24, 2.45) is 0 Å². The van der Waals surface area contributed by atoms with Gasteiger partial charge in [0.25, 0.3) is 0 Å². The Balaban J connectivity index is 1.79. The van der Waals surface area contributed by atoms with Gasteiger partial charge >= 0.3 is 6.09 Å². The highest BCUT2D eigenvalue weighted by atomic mass is 16.6. The molecule has 3 rings (SSSR count). The van der Waals surface area contributed by atoms with E-state index in [1.54, 1.807) is 12.0 Å². The number of nitrogens with one attached hydrogen (secondary N) is 1. The number of methoxy groups -OCH3 is 1. The lowest BCUT2D eigenvalue weighted by Gasteiger charge is -2.38. The van der Waals surface area contributed by atoms with Crippen LogP contribution in [-0.2, 0) is 14.9 Å². The lowest BCUT2D eigenvalue weighted by molar-refractivity contribution is -0.122. The van der Waals surface area contributed by atoms with Gasteiger partial charge in [-0.05, 0) is 45.2 Å². The number of para-hydroxylation sites is 1. The molecule has 0 unspecified atom stereocenters. The predicted molar refractivity (Wildman–Crippen MR) is 90.3 cm³/mol. The maximum absolute atomic E-state index is 12.7. The summed E-state index contributed by atoms with van der Waals surface area (Å²) >= 11 is 0. The van der Waals surface area contributed by atoms with Crippen molar-refractivity contribution in [2.75, 3.05) is 25.5 Å². The average Bonchev–Trinajstić information content (AvgIpc) is 2.79. The second-order valence-corrected chi connectivity index (χ2v) is 7.39. The van der Waals surface area contributed by atoms with Gasteiger partial charge in [0.1, 0.15) is 11.4 Å². The van der Waals surface area contributed by atoms with E-state index in [1.165, 1.54) is 0 Å². The Morgan fingerprint density at radius 3 is 2.50 bits per heavy atom. The summed E-state index contributed by atoms with van der Waals surface area (Å²) in [6.45, 7) is 6.55. The fourth-order valence-corrected chi connectivity index (χ4v) is 3.48. The van der Waals surface area contributed by atoms with Crippen molar-refractivity contribution in [1.82, 2.24) is 4.90 Å². The minimum Gasteiger partial charge on any atom is -0.495 e. The number of hydrogen-bond acceptors (Lipinski definition) is 4. The molecular weight excluding hydrogens is 308 g/mol. The van der Waals surface area contributed by atoms with Crippen LogP contribution in [-0.4, -0.2) is 42.7 Å². The molecule has 2 heterocycles. The molecule has 0 bridgehead atoms. The molecule has 2 aliphatic rings. The van der Waals surface area contributed by atoms with E-state index in [9.17, 15) is 9.59 Å². The molecule has 1 N–H and O–H groups in total. The van der Waals surface area contributed by atoms with Crippen LogP contribution in [0.4, 0.5) is 10.5 Å². The number of piperidine rings is 1. The number of fused-ring (bicyclic) bond motifs is 2. The van der Waals surface area contributed by atoms with Crippen molar-refractivity contribution in [3.8, 4) is 5.75 Å². The number of carbonyl (C=O) groups excluding carboxylic acids is 2. The molecule has 6 heteroatoms. The molecule has 1 spiro atoms. The van der Waals surface area contributed by atoms with Crippen LogP contribution in [0.1, 0.15) is 39.2 Å². The Hall–Kier alpha value is -2.24. The highest BCUT2D eigenvalue weighted by Crippen LogP contribution is 2.48. The summed E-state index contributed by atoms with van der Waals surface area (Å²) < 4.78 is 10.8. The van der Waals surface area contributed by atoms with Gasteiger partial charge in [0.05, 0.1) is 18.2 Å². The smallest absolute Gasteiger partial charge is 0.410 e. The van der Waals surface area contributed by atoms with Crippen molar-refractivity contribution in [1.29, 1.82) is 0 Å². The summed E-state index contributed by atoms with van der Waals surface area (Å²) in [7, 11) is 1.60. The van der Waals surface area contributed by atoms with Crippen LogP contribution < -0.4 is 10.1 Å². The second kappa shape index (κ2) is 5.69. The first-order valence-corrected chi connectivity index (χ1v) is 8.24. The molecule has 0 atom stereocenters. The molecule has 1 aromatic rings. The minimum atomic E-state index is -0.581. The van der Waals surface area contributed by atoms with Crippen LogP contribution >= 0.6 is 0 Å². The summed E-state index contributed by atoms with van der Waals surface area (Å²) in [5.41, 5.74) is 0.630. The van der Waals surface area contributed by atoms with Gasteiger partial charge < -0.3 is 19.7 Å². The largest absolute Gasteiger partial charge is 0.495 e. The Morgan fingerprint density at radius 2 is 1.92 bits per heavy atom. The molecule has 1 fully saturated rings. The number of hydrogen-bond donors (Lipinski definition) is 1. The molecule has 2 aliphatic heterocycles. The fourth-order valence-electron chi connectivity index (χ4n) is 3.48. The van der Waals surface area contributed by atoms with E-state index < -0.39 is 11.0 Å². The minimum absolute atomic E-state index is 0.00848. The topological polar surface area (TPSA) is 67.9 Å². The molecule has 1 saturated heterocycles. The lowest BCUT2D eigenvalue weighted by Crippen LogP contribution is -2.49. The van der Waals surface area contributed by atoms with Gasteiger partial charge in [-0.2, -0.15) is 0 Å². The summed E-state index contributed by atoms with van der Waals surface area (Å²) in [5.74, 6) is 0.665. The summed E-state index contributed by atoms with van der Waals surface area (Å²) in [6, 6.07) is 5.72. The third kappa shape index (κ3) is 2.70. The fraction of sp³-hybridized carbons (Fsp3) is 0.556. The van der Waals surface area contributed by atoms with E-state index in [0.717, 1.165) is 11.3 Å². The molecule has 6 nitrogen and oxygen atoms in total. The van der Waals surface area contributed by atoms with Crippen LogP contribution in [0, 0.1) is 0 Å². The maximum atomic E-state index is 12.7. The van der Waals surface area contributed by atoms with Gasteiger partial charge in [0, 0.05) is 13.1 Å². The first kappa shape index (κ1) is 16.6. The molecule has 1 aromatic carbocycles. The summed E-state index contributed by atoms with van der Waals surface area (Å²) in [6.07, 6.45) is 0.845. The average molecular weight is 332 g/mol. The third-order valence-corrected chi connectivity index (χ3v) is 4.70. The highest BCUT2D eigenvalue weighted by Gasteiger charge is 2.50. The number of likely N-dealkylation sites (tertiary alicyclic amines) is 1. The Morgan fingerprint density at radius 1 is 1.25 bits per heavy atom. The molecule has 0 radical (unpaired) electrons. The van der Waals surface area contributed by atoms with Crippen molar-refractivity contribution in [2.45, 2.75) is 44.6 Å². The molecule has 2 amide bonds. The summed E-state index contributed by atoms with van der Waals surface area (Å²) in [4.78, 5) is 26.6. The van der Waals surface area contributed by atoms with E-state index in [-0.39, 0.29) is 12.0 Å². The number of carbonyl (C=O) groups is 2. The van der Waals surface area contributed by atoms with Crippen LogP contribution in [0.5, 0.6) is 5.75 Å². The monoisotopic (exact) mass is 332 g/mol. The maximum Gasteiger partial charge on any atom is 0.410 e. The molecular formula is C18H24N2O4. The van der Waals surface area contributed by atoms with Crippen LogP contribution in [0.15, 0.2) is 18.2 Å². The van der Waals surface area contributed by atoms with Crippen LogP contribution in [0.25, 0.3) is 0 Å². The molecule has 0 aliphatic carbocycles. The Bertz CT molecular complexity index is 670. The quantitative estimate of drug-likeness (QED) is 0.858. The van der Waals surface area contributed by atoms with Gasteiger partial charge in [0.15, 0.2) is 0 Å². The van der Waals surface area contributed by atoms with E-state index in [2.05, 4.69) is 5.32 Å². The van der Waals surface area contributed by atoms with Gasteiger partial charge in [-0.15, -0.1) is 0 Å². The van der Waals surface area contributed by atoms with Crippen molar-refractivity contribution >= 4 is 17.7 Å².